The Kier molecular flexibility index (Phi) is 5.24. The first-order valence-corrected chi connectivity index (χ1v) is 8.54. The van der Waals surface area contributed by atoms with E-state index in [0.717, 1.165) is 5.75 Å². The lowest BCUT2D eigenvalue weighted by Gasteiger charge is -2.23. The average molecular weight is 340 g/mol. The molecule has 24 heavy (non-hydrogen) atoms. The minimum atomic E-state index is -0.323. The largest absolute Gasteiger partial charge is 0.493 e. The molecule has 3 rings (SSSR count). The van der Waals surface area contributed by atoms with Crippen LogP contribution >= 0.6 is 11.8 Å². The Balaban J connectivity index is 1.65. The lowest BCUT2D eigenvalue weighted by molar-refractivity contribution is -0.120. The maximum Gasteiger partial charge on any atom is 0.225 e. The lowest BCUT2D eigenvalue weighted by Crippen LogP contribution is -2.31. The van der Waals surface area contributed by atoms with Gasteiger partial charge in [-0.25, -0.2) is 0 Å². The van der Waals surface area contributed by atoms with Crippen molar-refractivity contribution in [2.45, 2.75) is 12.3 Å². The molecule has 1 N–H and O–H groups in total. The topological polar surface area (TPSA) is 75.3 Å². The molecule has 122 valence electrons. The number of carbonyl (C=O) groups is 1. The summed E-state index contributed by atoms with van der Waals surface area (Å²) in [5.74, 6) is 1.63. The van der Waals surface area contributed by atoms with Gasteiger partial charge >= 0.3 is 0 Å². The van der Waals surface area contributed by atoms with Crippen LogP contribution in [0.15, 0.2) is 63.7 Å². The number of nitrogens with one attached hydrogen (secondary N) is 1. The van der Waals surface area contributed by atoms with Gasteiger partial charge in [0.1, 0.15) is 11.5 Å². The molecule has 2 aromatic rings. The Hall–Kier alpha value is -2.65. The molecule has 0 spiro atoms. The first kappa shape index (κ1) is 16.2. The summed E-state index contributed by atoms with van der Waals surface area (Å²) in [6.45, 7) is 0.484. The number of ether oxygens (including phenoxy) is 1. The van der Waals surface area contributed by atoms with E-state index in [9.17, 15) is 10.1 Å². The molecular formula is C18H16N2O3S. The van der Waals surface area contributed by atoms with E-state index in [1.165, 1.54) is 11.8 Å². The number of benzene rings is 1. The maximum absolute atomic E-state index is 12.0. The van der Waals surface area contributed by atoms with E-state index >= 15 is 0 Å². The molecule has 5 nitrogen and oxygen atoms in total. The van der Waals surface area contributed by atoms with E-state index in [1.807, 2.05) is 30.3 Å². The molecule has 1 atom stereocenters. The van der Waals surface area contributed by atoms with Crippen LogP contribution in [0.4, 0.5) is 0 Å². The third-order valence-electron chi connectivity index (χ3n) is 3.58. The lowest BCUT2D eigenvalue weighted by atomic mass is 9.92. The number of hydrogen-bond donors (Lipinski definition) is 1. The summed E-state index contributed by atoms with van der Waals surface area (Å²) in [5, 5.41) is 12.9. The second kappa shape index (κ2) is 7.75. The molecule has 0 saturated heterocycles. The summed E-state index contributed by atoms with van der Waals surface area (Å²) >= 11 is 1.41. The second-order valence-electron chi connectivity index (χ2n) is 5.18. The van der Waals surface area contributed by atoms with Crippen molar-refractivity contribution in [1.82, 2.24) is 5.32 Å². The zero-order chi connectivity index (χ0) is 16.8. The van der Waals surface area contributed by atoms with Gasteiger partial charge < -0.3 is 14.5 Å². The fraction of sp³-hybridized carbons (Fsp3) is 0.222. The highest BCUT2D eigenvalue weighted by molar-refractivity contribution is 8.03. The van der Waals surface area contributed by atoms with Crippen molar-refractivity contribution >= 4 is 17.7 Å². The van der Waals surface area contributed by atoms with Crippen molar-refractivity contribution in [3.63, 3.8) is 0 Å². The monoisotopic (exact) mass is 340 g/mol. The number of thioether (sulfide) groups is 1. The van der Waals surface area contributed by atoms with Gasteiger partial charge in [0, 0.05) is 12.2 Å². The van der Waals surface area contributed by atoms with E-state index in [-0.39, 0.29) is 18.2 Å². The molecule has 0 aliphatic carbocycles. The van der Waals surface area contributed by atoms with Gasteiger partial charge in [-0.05, 0) is 24.3 Å². The first-order valence-electron chi connectivity index (χ1n) is 7.56. The summed E-state index contributed by atoms with van der Waals surface area (Å²) < 4.78 is 11.0. The highest BCUT2D eigenvalue weighted by Gasteiger charge is 2.31. The predicted molar refractivity (Wildman–Crippen MR) is 91.2 cm³/mol. The van der Waals surface area contributed by atoms with Crippen molar-refractivity contribution in [2.75, 3.05) is 12.4 Å². The van der Waals surface area contributed by atoms with E-state index < -0.39 is 0 Å². The van der Waals surface area contributed by atoms with Gasteiger partial charge in [0.2, 0.25) is 5.91 Å². The molecule has 0 saturated carbocycles. The van der Waals surface area contributed by atoms with Crippen LogP contribution in [0.5, 0.6) is 5.75 Å². The maximum atomic E-state index is 12.0. The molecule has 1 aromatic carbocycles. The van der Waals surface area contributed by atoms with Crippen molar-refractivity contribution in [2.24, 2.45) is 0 Å². The van der Waals surface area contributed by atoms with E-state index in [0.29, 0.717) is 28.7 Å². The average Bonchev–Trinajstić information content (AvgIpc) is 3.13. The number of nitrogens with zero attached hydrogens (tertiary/aromatic N) is 1. The van der Waals surface area contributed by atoms with Crippen LogP contribution < -0.4 is 10.1 Å². The van der Waals surface area contributed by atoms with Crippen molar-refractivity contribution in [3.8, 4) is 11.8 Å². The van der Waals surface area contributed by atoms with Gasteiger partial charge in [0.15, 0.2) is 0 Å². The minimum absolute atomic E-state index is 0.109. The fourth-order valence-electron chi connectivity index (χ4n) is 2.49. The van der Waals surface area contributed by atoms with Gasteiger partial charge in [0.05, 0.1) is 35.5 Å². The van der Waals surface area contributed by atoms with Crippen molar-refractivity contribution in [1.29, 1.82) is 5.26 Å². The highest BCUT2D eigenvalue weighted by atomic mass is 32.2. The first-order chi connectivity index (χ1) is 11.8. The summed E-state index contributed by atoms with van der Waals surface area (Å²) in [4.78, 5) is 12.0. The number of allylic oxidation sites excluding steroid dienone is 1. The number of para-hydroxylation sites is 1. The molecule has 0 unspecified atom stereocenters. The number of amides is 1. The number of nitriles is 1. The Morgan fingerprint density at radius 2 is 2.12 bits per heavy atom. The van der Waals surface area contributed by atoms with Crippen LogP contribution in [0.1, 0.15) is 18.1 Å². The number of rotatable bonds is 6. The molecule has 1 aliphatic heterocycles. The summed E-state index contributed by atoms with van der Waals surface area (Å²) in [6.07, 6.45) is 1.78. The van der Waals surface area contributed by atoms with Crippen LogP contribution in [0.3, 0.4) is 0 Å². The number of hydrogen-bond acceptors (Lipinski definition) is 5. The number of furan rings is 1. The van der Waals surface area contributed by atoms with E-state index in [1.54, 1.807) is 18.4 Å². The normalized spacial score (nSPS) is 17.3. The zero-order valence-corrected chi connectivity index (χ0v) is 13.7. The molecule has 0 radical (unpaired) electrons. The SMILES string of the molecule is N#CC1=C(SCCOc2ccccc2)NC(=O)C[C@@H]1c1ccco1. The summed E-state index contributed by atoms with van der Waals surface area (Å²) in [6, 6.07) is 15.3. The van der Waals surface area contributed by atoms with Crippen LogP contribution in [0, 0.1) is 11.3 Å². The van der Waals surface area contributed by atoms with Crippen LogP contribution in [-0.2, 0) is 4.79 Å². The zero-order valence-electron chi connectivity index (χ0n) is 12.9. The third-order valence-corrected chi connectivity index (χ3v) is 4.57. The standard InChI is InChI=1S/C18H16N2O3S/c19-12-15-14(16-7-4-8-23-16)11-17(21)20-18(15)24-10-9-22-13-5-2-1-3-6-13/h1-8,14H,9-11H2,(H,20,21)/t14-/m0/s1. The smallest absolute Gasteiger partial charge is 0.225 e. The highest BCUT2D eigenvalue weighted by Crippen LogP contribution is 2.35. The van der Waals surface area contributed by atoms with Crippen LogP contribution in [0.25, 0.3) is 0 Å². The second-order valence-corrected chi connectivity index (χ2v) is 6.29. The van der Waals surface area contributed by atoms with Gasteiger partial charge in [0.25, 0.3) is 0 Å². The summed E-state index contributed by atoms with van der Waals surface area (Å²) in [7, 11) is 0. The minimum Gasteiger partial charge on any atom is -0.493 e. The van der Waals surface area contributed by atoms with Crippen LogP contribution in [0.2, 0.25) is 0 Å². The summed E-state index contributed by atoms with van der Waals surface area (Å²) in [5.41, 5.74) is 0.536. The quantitative estimate of drug-likeness (QED) is 0.815. The Morgan fingerprint density at radius 3 is 2.83 bits per heavy atom. The van der Waals surface area contributed by atoms with Crippen molar-refractivity contribution in [3.05, 3.63) is 65.1 Å². The molecule has 6 heteroatoms. The molecule has 1 aliphatic rings. The number of carbonyl (C=O) groups excluding carboxylic acids is 1. The molecule has 0 fully saturated rings. The molecule has 1 amide bonds. The Labute approximate surface area is 144 Å². The molecule has 2 heterocycles. The van der Waals surface area contributed by atoms with Gasteiger partial charge in [-0.1, -0.05) is 18.2 Å². The molecule has 1 aromatic heterocycles. The Bertz CT molecular complexity index is 763. The third kappa shape index (κ3) is 3.81. The van der Waals surface area contributed by atoms with Gasteiger partial charge in [-0.3, -0.25) is 4.79 Å². The van der Waals surface area contributed by atoms with E-state index in [2.05, 4.69) is 11.4 Å². The fourth-order valence-corrected chi connectivity index (χ4v) is 3.39. The van der Waals surface area contributed by atoms with Crippen LogP contribution in [-0.4, -0.2) is 18.3 Å². The Morgan fingerprint density at radius 1 is 1.29 bits per heavy atom. The molecule has 0 bridgehead atoms. The predicted octanol–water partition coefficient (Wildman–Crippen LogP) is 3.43. The van der Waals surface area contributed by atoms with E-state index in [4.69, 9.17) is 9.15 Å². The van der Waals surface area contributed by atoms with Gasteiger partial charge in [-0.2, -0.15) is 5.26 Å². The van der Waals surface area contributed by atoms with Crippen molar-refractivity contribution < 1.29 is 13.9 Å². The van der Waals surface area contributed by atoms with Gasteiger partial charge in [-0.15, -0.1) is 11.8 Å². The molecular weight excluding hydrogens is 324 g/mol.